The minimum atomic E-state index is 0.543. The number of nitriles is 1. The van der Waals surface area contributed by atoms with Gasteiger partial charge >= 0.3 is 0 Å². The molecule has 0 atom stereocenters. The van der Waals surface area contributed by atoms with Crippen LogP contribution in [0.15, 0.2) is 48.0 Å². The first-order valence-corrected chi connectivity index (χ1v) is 8.54. The average molecular weight is 327 g/mol. The second kappa shape index (κ2) is 6.56. The number of benzene rings is 1. The van der Waals surface area contributed by atoms with E-state index in [2.05, 4.69) is 18.7 Å². The molecule has 0 bridgehead atoms. The largest absolute Gasteiger partial charge is 0.245 e. The zero-order valence-corrected chi connectivity index (χ0v) is 13.6. The molecule has 0 N–H and O–H groups in total. The van der Waals surface area contributed by atoms with Crippen LogP contribution in [0.4, 0.5) is 0 Å². The van der Waals surface area contributed by atoms with Gasteiger partial charge in [-0.15, -0.1) is 18.3 Å². The predicted octanol–water partition coefficient (Wildman–Crippen LogP) is 5.43. The number of rotatable bonds is 5. The van der Waals surface area contributed by atoms with Gasteiger partial charge in [0.1, 0.15) is 11.1 Å². The molecule has 0 radical (unpaired) electrons. The van der Waals surface area contributed by atoms with E-state index in [1.807, 2.05) is 30.3 Å². The van der Waals surface area contributed by atoms with Gasteiger partial charge in [0.05, 0.1) is 5.56 Å². The van der Waals surface area contributed by atoms with Crippen molar-refractivity contribution in [3.05, 3.63) is 59.3 Å². The molecule has 1 saturated carbocycles. The van der Waals surface area contributed by atoms with Gasteiger partial charge < -0.3 is 0 Å². The highest BCUT2D eigenvalue weighted by Gasteiger charge is 2.27. The van der Waals surface area contributed by atoms with Gasteiger partial charge in [0, 0.05) is 28.0 Å². The molecule has 1 aromatic carbocycles. The van der Waals surface area contributed by atoms with Crippen molar-refractivity contribution in [3.8, 4) is 17.2 Å². The van der Waals surface area contributed by atoms with E-state index in [1.165, 1.54) is 12.8 Å². The molecule has 0 unspecified atom stereocenters. The summed E-state index contributed by atoms with van der Waals surface area (Å²) in [6.45, 7) is 3.75. The van der Waals surface area contributed by atoms with Gasteiger partial charge in [0.2, 0.25) is 0 Å². The first-order valence-electron chi connectivity index (χ1n) is 7.17. The number of hydrogen-bond acceptors (Lipinski definition) is 3. The van der Waals surface area contributed by atoms with Crippen molar-refractivity contribution in [1.82, 2.24) is 4.98 Å². The Kier molecular flexibility index (Phi) is 4.52. The fourth-order valence-electron chi connectivity index (χ4n) is 2.34. The molecule has 2 aromatic rings. The third-order valence-electron chi connectivity index (χ3n) is 3.61. The summed E-state index contributed by atoms with van der Waals surface area (Å²) in [4.78, 5) is 4.71. The van der Waals surface area contributed by atoms with Gasteiger partial charge in [-0.05, 0) is 36.6 Å². The predicted molar refractivity (Wildman–Crippen MR) is 92.3 cm³/mol. The van der Waals surface area contributed by atoms with Crippen molar-refractivity contribution < 1.29 is 0 Å². The van der Waals surface area contributed by atoms with Crippen LogP contribution < -0.4 is 0 Å². The van der Waals surface area contributed by atoms with Crippen LogP contribution >= 0.6 is 23.4 Å². The molecule has 0 spiro atoms. The molecule has 1 heterocycles. The summed E-state index contributed by atoms with van der Waals surface area (Å²) in [6, 6.07) is 12.0. The summed E-state index contributed by atoms with van der Waals surface area (Å²) < 4.78 is 0. The Morgan fingerprint density at radius 3 is 2.68 bits per heavy atom. The van der Waals surface area contributed by atoms with Crippen LogP contribution in [0.25, 0.3) is 11.1 Å². The summed E-state index contributed by atoms with van der Waals surface area (Å²) >= 11 is 7.54. The van der Waals surface area contributed by atoms with Gasteiger partial charge in [0.25, 0.3) is 0 Å². The topological polar surface area (TPSA) is 36.7 Å². The lowest BCUT2D eigenvalue weighted by Gasteiger charge is -2.11. The fourth-order valence-corrected chi connectivity index (χ4v) is 3.21. The Bertz CT molecular complexity index is 743. The van der Waals surface area contributed by atoms with Crippen molar-refractivity contribution in [3.63, 3.8) is 0 Å². The SMILES string of the molecule is C=CCSc1nc(C2CC2)cc(-c2ccc(Cl)cc2)c1C#N. The molecular formula is C18H15ClN2S. The lowest BCUT2D eigenvalue weighted by atomic mass is 10.0. The van der Waals surface area contributed by atoms with E-state index < -0.39 is 0 Å². The minimum Gasteiger partial charge on any atom is -0.245 e. The summed E-state index contributed by atoms with van der Waals surface area (Å²) in [6.07, 6.45) is 4.20. The van der Waals surface area contributed by atoms with E-state index in [9.17, 15) is 5.26 Å². The average Bonchev–Trinajstić information content (AvgIpc) is 3.37. The molecule has 22 heavy (non-hydrogen) atoms. The molecule has 4 heteroatoms. The Balaban J connectivity index is 2.13. The zero-order chi connectivity index (χ0) is 15.5. The van der Waals surface area contributed by atoms with Crippen LogP contribution in [0, 0.1) is 11.3 Å². The highest BCUT2D eigenvalue weighted by molar-refractivity contribution is 7.99. The maximum atomic E-state index is 9.60. The Morgan fingerprint density at radius 2 is 2.09 bits per heavy atom. The van der Waals surface area contributed by atoms with Gasteiger partial charge in [-0.25, -0.2) is 4.98 Å². The number of thioether (sulfide) groups is 1. The number of pyridine rings is 1. The van der Waals surface area contributed by atoms with Crippen LogP contribution in [-0.2, 0) is 0 Å². The van der Waals surface area contributed by atoms with Crippen LogP contribution in [0.3, 0.4) is 0 Å². The second-order valence-electron chi connectivity index (χ2n) is 5.27. The van der Waals surface area contributed by atoms with E-state index in [0.717, 1.165) is 27.6 Å². The number of aromatic nitrogens is 1. The van der Waals surface area contributed by atoms with Crippen molar-refractivity contribution in [1.29, 1.82) is 5.26 Å². The third kappa shape index (κ3) is 3.19. The van der Waals surface area contributed by atoms with E-state index in [-0.39, 0.29) is 0 Å². The molecule has 2 nitrogen and oxygen atoms in total. The molecule has 1 aliphatic carbocycles. The maximum Gasteiger partial charge on any atom is 0.115 e. The second-order valence-corrected chi connectivity index (χ2v) is 6.71. The Labute approximate surface area is 139 Å². The lowest BCUT2D eigenvalue weighted by molar-refractivity contribution is 0.956. The van der Waals surface area contributed by atoms with E-state index in [0.29, 0.717) is 16.5 Å². The van der Waals surface area contributed by atoms with Gasteiger partial charge in [-0.1, -0.05) is 29.8 Å². The normalized spacial score (nSPS) is 13.6. The molecule has 0 saturated heterocycles. The van der Waals surface area contributed by atoms with Crippen molar-refractivity contribution >= 4 is 23.4 Å². The van der Waals surface area contributed by atoms with Crippen molar-refractivity contribution in [2.45, 2.75) is 23.8 Å². The van der Waals surface area contributed by atoms with E-state index >= 15 is 0 Å². The maximum absolute atomic E-state index is 9.60. The molecular weight excluding hydrogens is 312 g/mol. The molecule has 3 rings (SSSR count). The monoisotopic (exact) mass is 326 g/mol. The summed E-state index contributed by atoms with van der Waals surface area (Å²) in [7, 11) is 0. The first-order chi connectivity index (χ1) is 10.7. The van der Waals surface area contributed by atoms with Gasteiger partial charge in [-0.3, -0.25) is 0 Å². The summed E-state index contributed by atoms with van der Waals surface area (Å²) in [5, 5.41) is 11.1. The van der Waals surface area contributed by atoms with Gasteiger partial charge in [0.15, 0.2) is 0 Å². The van der Waals surface area contributed by atoms with E-state index in [4.69, 9.17) is 16.6 Å². The third-order valence-corrected chi connectivity index (χ3v) is 4.83. The molecule has 1 fully saturated rings. The molecule has 1 aromatic heterocycles. The smallest absolute Gasteiger partial charge is 0.115 e. The highest BCUT2D eigenvalue weighted by atomic mass is 35.5. The quantitative estimate of drug-likeness (QED) is 0.543. The minimum absolute atomic E-state index is 0.543. The lowest BCUT2D eigenvalue weighted by Crippen LogP contribution is -1.97. The van der Waals surface area contributed by atoms with Crippen LogP contribution in [0.1, 0.15) is 30.0 Å². The number of hydrogen-bond donors (Lipinski definition) is 0. The zero-order valence-electron chi connectivity index (χ0n) is 12.1. The van der Waals surface area contributed by atoms with Crippen LogP contribution in [0.2, 0.25) is 5.02 Å². The summed E-state index contributed by atoms with van der Waals surface area (Å²) in [5.74, 6) is 1.29. The molecule has 0 aliphatic heterocycles. The van der Waals surface area contributed by atoms with E-state index in [1.54, 1.807) is 11.8 Å². The Morgan fingerprint density at radius 1 is 1.36 bits per heavy atom. The van der Waals surface area contributed by atoms with Gasteiger partial charge in [-0.2, -0.15) is 5.26 Å². The van der Waals surface area contributed by atoms with Crippen LogP contribution in [-0.4, -0.2) is 10.7 Å². The molecule has 110 valence electrons. The fraction of sp³-hybridized carbons (Fsp3) is 0.222. The summed E-state index contributed by atoms with van der Waals surface area (Å²) in [5.41, 5.74) is 3.68. The standard InChI is InChI=1S/C18H15ClN2S/c1-2-9-22-18-16(11-20)15(10-17(21-18)13-3-4-13)12-5-7-14(19)8-6-12/h2,5-8,10,13H,1,3-4,9H2. The molecule has 1 aliphatic rings. The van der Waals surface area contributed by atoms with Crippen LogP contribution in [0.5, 0.6) is 0 Å². The van der Waals surface area contributed by atoms with Crippen molar-refractivity contribution in [2.24, 2.45) is 0 Å². The first kappa shape index (κ1) is 15.1. The van der Waals surface area contributed by atoms with Crippen molar-refractivity contribution in [2.75, 3.05) is 5.75 Å². The number of halogens is 1. The molecule has 0 amide bonds. The highest BCUT2D eigenvalue weighted by Crippen LogP contribution is 2.42. The Hall–Kier alpha value is -1.76. The number of nitrogens with zero attached hydrogens (tertiary/aromatic N) is 2.